The van der Waals surface area contributed by atoms with Gasteiger partial charge in [0.15, 0.2) is 0 Å². The summed E-state index contributed by atoms with van der Waals surface area (Å²) in [6.45, 7) is 1.49. The van der Waals surface area contributed by atoms with Crippen molar-refractivity contribution in [1.29, 1.82) is 0 Å². The molecule has 2 heterocycles. The Kier molecular flexibility index (Phi) is 5.82. The number of pyridine rings is 1. The molecule has 6 nitrogen and oxygen atoms in total. The Morgan fingerprint density at radius 3 is 2.44 bits per heavy atom. The first-order valence-corrected chi connectivity index (χ1v) is 10.0. The van der Waals surface area contributed by atoms with E-state index in [1.54, 1.807) is 30.3 Å². The molecule has 0 fully saturated rings. The van der Waals surface area contributed by atoms with E-state index in [2.05, 4.69) is 10.3 Å². The van der Waals surface area contributed by atoms with Crippen molar-refractivity contribution in [2.75, 3.05) is 5.32 Å². The number of benzene rings is 2. The molecule has 0 saturated carbocycles. The van der Waals surface area contributed by atoms with Gasteiger partial charge in [0, 0.05) is 29.1 Å². The van der Waals surface area contributed by atoms with Gasteiger partial charge in [0.05, 0.1) is 22.9 Å². The fourth-order valence-corrected chi connectivity index (χ4v) is 3.59. The number of aromatic carboxylic acids is 1. The van der Waals surface area contributed by atoms with Gasteiger partial charge in [-0.25, -0.2) is 14.2 Å². The van der Waals surface area contributed by atoms with Crippen molar-refractivity contribution < 1.29 is 27.5 Å². The standard InChI is InChI=1S/C24H17F4N3O3/c1-13(29-19-8-7-16(25)10-18(19)23(33)34)17-9-15(24(26,27)28)12-31-21(32)11-20(30-22(17)31)14-5-3-2-4-6-14/h2-13,29H,1H3,(H,33,34)/t13-/m1/s1. The molecule has 0 saturated heterocycles. The number of fused-ring (bicyclic) bond motifs is 1. The summed E-state index contributed by atoms with van der Waals surface area (Å²) < 4.78 is 55.2. The third-order valence-corrected chi connectivity index (χ3v) is 5.24. The average molecular weight is 471 g/mol. The maximum Gasteiger partial charge on any atom is 0.417 e. The maximum absolute atomic E-state index is 13.6. The molecule has 2 N–H and O–H groups in total. The lowest BCUT2D eigenvalue weighted by molar-refractivity contribution is -0.137. The number of hydrogen-bond donors (Lipinski definition) is 2. The molecule has 4 aromatic rings. The second-order valence-electron chi connectivity index (χ2n) is 7.58. The first kappa shape index (κ1) is 23.0. The van der Waals surface area contributed by atoms with Gasteiger partial charge in [0.1, 0.15) is 11.5 Å². The molecule has 0 spiro atoms. The van der Waals surface area contributed by atoms with E-state index in [0.29, 0.717) is 11.8 Å². The minimum atomic E-state index is -4.75. The number of hydrogen-bond acceptors (Lipinski definition) is 4. The lowest BCUT2D eigenvalue weighted by Gasteiger charge is -2.21. The Labute approximate surface area is 190 Å². The van der Waals surface area contributed by atoms with E-state index in [0.717, 1.165) is 28.7 Å². The normalized spacial score (nSPS) is 12.5. The molecule has 0 aliphatic heterocycles. The van der Waals surface area contributed by atoms with Crippen LogP contribution in [-0.2, 0) is 6.18 Å². The monoisotopic (exact) mass is 471 g/mol. The lowest BCUT2D eigenvalue weighted by atomic mass is 10.0. The topological polar surface area (TPSA) is 83.7 Å². The first-order chi connectivity index (χ1) is 16.0. The van der Waals surface area contributed by atoms with E-state index in [4.69, 9.17) is 0 Å². The van der Waals surface area contributed by atoms with Crippen LogP contribution in [0.2, 0.25) is 0 Å². The summed E-state index contributed by atoms with van der Waals surface area (Å²) in [6.07, 6.45) is -4.07. The molecular weight excluding hydrogens is 454 g/mol. The summed E-state index contributed by atoms with van der Waals surface area (Å²) in [5, 5.41) is 12.2. The van der Waals surface area contributed by atoms with E-state index < -0.39 is 40.7 Å². The molecule has 174 valence electrons. The van der Waals surface area contributed by atoms with Crippen LogP contribution in [0.15, 0.2) is 71.7 Å². The van der Waals surface area contributed by atoms with Crippen molar-refractivity contribution in [1.82, 2.24) is 9.38 Å². The zero-order valence-corrected chi connectivity index (χ0v) is 17.6. The molecule has 10 heteroatoms. The first-order valence-electron chi connectivity index (χ1n) is 10.0. The highest BCUT2D eigenvalue weighted by molar-refractivity contribution is 5.94. The molecule has 0 unspecified atom stereocenters. The van der Waals surface area contributed by atoms with Crippen molar-refractivity contribution in [3.8, 4) is 11.3 Å². The van der Waals surface area contributed by atoms with Gasteiger partial charge >= 0.3 is 12.1 Å². The Morgan fingerprint density at radius 1 is 1.09 bits per heavy atom. The Morgan fingerprint density at radius 2 is 1.79 bits per heavy atom. The lowest BCUT2D eigenvalue weighted by Crippen LogP contribution is -2.21. The number of halogens is 4. The minimum absolute atomic E-state index is 0.00137. The maximum atomic E-state index is 13.6. The van der Waals surface area contributed by atoms with Gasteiger partial charge in [-0.15, -0.1) is 0 Å². The summed E-state index contributed by atoms with van der Waals surface area (Å²) in [6, 6.07) is 12.7. The van der Waals surface area contributed by atoms with Crippen LogP contribution in [0.4, 0.5) is 23.2 Å². The highest BCUT2D eigenvalue weighted by Gasteiger charge is 2.33. The fourth-order valence-electron chi connectivity index (χ4n) is 3.59. The number of alkyl halides is 3. The van der Waals surface area contributed by atoms with Gasteiger partial charge in [0.2, 0.25) is 0 Å². The Balaban J connectivity index is 1.92. The van der Waals surface area contributed by atoms with Gasteiger partial charge in [-0.05, 0) is 31.2 Å². The summed E-state index contributed by atoms with van der Waals surface area (Å²) in [5.74, 6) is -2.19. The van der Waals surface area contributed by atoms with Crippen molar-refractivity contribution in [2.24, 2.45) is 0 Å². The van der Waals surface area contributed by atoms with Crippen LogP contribution in [0, 0.1) is 5.82 Å². The molecule has 34 heavy (non-hydrogen) atoms. The van der Waals surface area contributed by atoms with Crippen LogP contribution in [-0.4, -0.2) is 20.5 Å². The fraction of sp³-hybridized carbons (Fsp3) is 0.125. The summed E-state index contributed by atoms with van der Waals surface area (Å²) in [4.78, 5) is 28.7. The number of carboxylic acids is 1. The molecular formula is C24H17F4N3O3. The van der Waals surface area contributed by atoms with Crippen LogP contribution in [0.25, 0.3) is 16.9 Å². The van der Waals surface area contributed by atoms with Crippen molar-refractivity contribution in [3.05, 3.63) is 99.7 Å². The van der Waals surface area contributed by atoms with Crippen molar-refractivity contribution >= 4 is 17.3 Å². The smallest absolute Gasteiger partial charge is 0.417 e. The van der Waals surface area contributed by atoms with Gasteiger partial charge < -0.3 is 10.4 Å². The van der Waals surface area contributed by atoms with E-state index in [1.807, 2.05) is 0 Å². The molecule has 4 rings (SSSR count). The average Bonchev–Trinajstić information content (AvgIpc) is 2.79. The predicted octanol–water partition coefficient (Wildman–Crippen LogP) is 5.39. The van der Waals surface area contributed by atoms with Gasteiger partial charge in [-0.1, -0.05) is 30.3 Å². The van der Waals surface area contributed by atoms with Crippen LogP contribution in [0.1, 0.15) is 34.5 Å². The Bertz CT molecular complexity index is 1450. The molecule has 0 aliphatic carbocycles. The number of anilines is 1. The second-order valence-corrected chi connectivity index (χ2v) is 7.58. The molecule has 0 radical (unpaired) electrons. The second kappa shape index (κ2) is 8.62. The SMILES string of the molecule is C[C@@H](Nc1ccc(F)cc1C(=O)O)c1cc(C(F)(F)F)cn2c(=O)cc(-c3ccccc3)nc12. The summed E-state index contributed by atoms with van der Waals surface area (Å²) in [7, 11) is 0. The quantitative estimate of drug-likeness (QED) is 0.382. The van der Waals surface area contributed by atoms with Gasteiger partial charge in [0.25, 0.3) is 5.56 Å². The number of rotatable bonds is 5. The molecule has 2 aromatic heterocycles. The highest BCUT2D eigenvalue weighted by atomic mass is 19.4. The van der Waals surface area contributed by atoms with Crippen LogP contribution >= 0.6 is 0 Å². The molecule has 0 bridgehead atoms. The van der Waals surface area contributed by atoms with Crippen molar-refractivity contribution in [3.63, 3.8) is 0 Å². The number of carbonyl (C=O) groups is 1. The van der Waals surface area contributed by atoms with E-state index in [-0.39, 0.29) is 22.6 Å². The van der Waals surface area contributed by atoms with Crippen LogP contribution < -0.4 is 10.9 Å². The minimum Gasteiger partial charge on any atom is -0.478 e. The van der Waals surface area contributed by atoms with E-state index in [1.165, 1.54) is 13.0 Å². The van der Waals surface area contributed by atoms with Crippen LogP contribution in [0.5, 0.6) is 0 Å². The van der Waals surface area contributed by atoms with E-state index in [9.17, 15) is 32.3 Å². The number of aromatic nitrogens is 2. The number of carboxylic acid groups (broad SMARTS) is 1. The zero-order chi connectivity index (χ0) is 24.6. The predicted molar refractivity (Wildman–Crippen MR) is 117 cm³/mol. The zero-order valence-electron chi connectivity index (χ0n) is 17.6. The Hall–Kier alpha value is -4.21. The van der Waals surface area contributed by atoms with Crippen LogP contribution in [0.3, 0.4) is 0 Å². The third-order valence-electron chi connectivity index (χ3n) is 5.24. The van der Waals surface area contributed by atoms with Crippen molar-refractivity contribution in [2.45, 2.75) is 19.1 Å². The molecule has 0 amide bonds. The van der Waals surface area contributed by atoms with E-state index >= 15 is 0 Å². The van der Waals surface area contributed by atoms with Gasteiger partial charge in [-0.3, -0.25) is 9.20 Å². The largest absolute Gasteiger partial charge is 0.478 e. The molecule has 0 aliphatic rings. The van der Waals surface area contributed by atoms with Gasteiger partial charge in [-0.2, -0.15) is 13.2 Å². The molecule has 2 aromatic carbocycles. The summed E-state index contributed by atoms with van der Waals surface area (Å²) in [5.41, 5.74) is -1.33. The summed E-state index contributed by atoms with van der Waals surface area (Å²) >= 11 is 0. The number of nitrogens with zero attached hydrogens (tertiary/aromatic N) is 2. The highest BCUT2D eigenvalue weighted by Crippen LogP contribution is 2.33. The number of nitrogens with one attached hydrogen (secondary N) is 1. The third kappa shape index (κ3) is 4.47. The molecule has 1 atom stereocenters.